The molecule has 1 heterocycles. The lowest BCUT2D eigenvalue weighted by molar-refractivity contribution is 0.302. The molecule has 2 rings (SSSR count). The molecule has 1 aromatic rings. The summed E-state index contributed by atoms with van der Waals surface area (Å²) in [6, 6.07) is 8.06. The molecule has 0 amide bonds. The van der Waals surface area contributed by atoms with Crippen LogP contribution in [0.25, 0.3) is 0 Å². The van der Waals surface area contributed by atoms with Crippen molar-refractivity contribution in [3.05, 3.63) is 24.3 Å². The maximum absolute atomic E-state index is 5.67. The zero-order chi connectivity index (χ0) is 11.9. The van der Waals surface area contributed by atoms with Gasteiger partial charge in [0.25, 0.3) is 0 Å². The first-order chi connectivity index (χ1) is 8.38. The van der Waals surface area contributed by atoms with Gasteiger partial charge in [0.15, 0.2) is 0 Å². The molecule has 1 atom stereocenters. The van der Waals surface area contributed by atoms with Gasteiger partial charge in [0.05, 0.1) is 19.3 Å². The summed E-state index contributed by atoms with van der Waals surface area (Å²) in [7, 11) is 1.92. The number of hydrogen-bond donors (Lipinski definition) is 1. The van der Waals surface area contributed by atoms with Crippen LogP contribution in [0.2, 0.25) is 0 Å². The summed E-state index contributed by atoms with van der Waals surface area (Å²) in [5, 5.41) is 3.09. The molecule has 1 N–H and O–H groups in total. The number of unbranched alkanes of at least 4 members (excludes halogenated alkanes) is 2. The Morgan fingerprint density at radius 2 is 2.00 bits per heavy atom. The van der Waals surface area contributed by atoms with E-state index in [4.69, 9.17) is 9.47 Å². The van der Waals surface area contributed by atoms with E-state index in [2.05, 4.69) is 5.32 Å². The zero-order valence-corrected chi connectivity index (χ0v) is 10.4. The lowest BCUT2D eigenvalue weighted by Crippen LogP contribution is -1.98. The first-order valence-electron chi connectivity index (χ1n) is 6.41. The zero-order valence-electron chi connectivity index (χ0n) is 10.4. The SMILES string of the molecule is CNc1ccc(OCCCCCC2CO2)cc1. The molecule has 1 fully saturated rings. The van der Waals surface area contributed by atoms with Gasteiger partial charge in [-0.2, -0.15) is 0 Å². The largest absolute Gasteiger partial charge is 0.494 e. The van der Waals surface area contributed by atoms with Crippen molar-refractivity contribution in [3.8, 4) is 5.75 Å². The van der Waals surface area contributed by atoms with Crippen molar-refractivity contribution in [2.45, 2.75) is 31.8 Å². The Morgan fingerprint density at radius 3 is 2.65 bits per heavy atom. The van der Waals surface area contributed by atoms with Crippen molar-refractivity contribution < 1.29 is 9.47 Å². The van der Waals surface area contributed by atoms with Crippen LogP contribution in [0, 0.1) is 0 Å². The first-order valence-corrected chi connectivity index (χ1v) is 6.41. The maximum atomic E-state index is 5.67. The molecule has 3 nitrogen and oxygen atoms in total. The molecule has 3 heteroatoms. The third-order valence-electron chi connectivity index (χ3n) is 2.98. The van der Waals surface area contributed by atoms with E-state index in [-0.39, 0.29) is 0 Å². The monoisotopic (exact) mass is 235 g/mol. The summed E-state index contributed by atoms with van der Waals surface area (Å²) in [4.78, 5) is 0. The van der Waals surface area contributed by atoms with E-state index in [0.29, 0.717) is 6.10 Å². The summed E-state index contributed by atoms with van der Waals surface area (Å²) in [5.41, 5.74) is 1.11. The molecule has 17 heavy (non-hydrogen) atoms. The van der Waals surface area contributed by atoms with Crippen LogP contribution in [0.1, 0.15) is 25.7 Å². The fourth-order valence-corrected chi connectivity index (χ4v) is 1.79. The van der Waals surface area contributed by atoms with E-state index in [1.165, 1.54) is 19.3 Å². The number of nitrogens with one attached hydrogen (secondary N) is 1. The molecule has 1 unspecified atom stereocenters. The van der Waals surface area contributed by atoms with Gasteiger partial charge in [-0.25, -0.2) is 0 Å². The Labute approximate surface area is 103 Å². The minimum absolute atomic E-state index is 0.574. The Bertz CT molecular complexity index is 319. The van der Waals surface area contributed by atoms with Gasteiger partial charge < -0.3 is 14.8 Å². The van der Waals surface area contributed by atoms with Gasteiger partial charge >= 0.3 is 0 Å². The molecule has 1 saturated heterocycles. The molecular weight excluding hydrogens is 214 g/mol. The minimum Gasteiger partial charge on any atom is -0.494 e. The van der Waals surface area contributed by atoms with Crippen molar-refractivity contribution in [2.24, 2.45) is 0 Å². The fourth-order valence-electron chi connectivity index (χ4n) is 1.79. The van der Waals surface area contributed by atoms with Gasteiger partial charge in [-0.3, -0.25) is 0 Å². The van der Waals surface area contributed by atoms with Gasteiger partial charge in [0.1, 0.15) is 5.75 Å². The van der Waals surface area contributed by atoms with Gasteiger partial charge in [0, 0.05) is 12.7 Å². The number of ether oxygens (including phenoxy) is 2. The standard InChI is InChI=1S/C14H21NO2/c1-15-12-6-8-13(9-7-12)16-10-4-2-3-5-14-11-17-14/h6-9,14-15H,2-5,10-11H2,1H3. The first kappa shape index (κ1) is 12.2. The van der Waals surface area contributed by atoms with E-state index in [9.17, 15) is 0 Å². The van der Waals surface area contributed by atoms with Crippen LogP contribution < -0.4 is 10.1 Å². The number of benzene rings is 1. The molecular formula is C14H21NO2. The fraction of sp³-hybridized carbons (Fsp3) is 0.571. The number of hydrogen-bond acceptors (Lipinski definition) is 3. The van der Waals surface area contributed by atoms with E-state index in [0.717, 1.165) is 31.1 Å². The summed E-state index contributed by atoms with van der Waals surface area (Å²) in [5.74, 6) is 0.953. The third-order valence-corrected chi connectivity index (χ3v) is 2.98. The Balaban J connectivity index is 1.53. The predicted octanol–water partition coefficient (Wildman–Crippen LogP) is 3.07. The van der Waals surface area contributed by atoms with Crippen LogP contribution in [-0.2, 0) is 4.74 Å². The summed E-state index contributed by atoms with van der Waals surface area (Å²) < 4.78 is 10.8. The highest BCUT2D eigenvalue weighted by Crippen LogP contribution is 2.18. The van der Waals surface area contributed by atoms with Gasteiger partial charge in [-0.05, 0) is 43.5 Å². The highest BCUT2D eigenvalue weighted by Gasteiger charge is 2.20. The van der Waals surface area contributed by atoms with Crippen molar-refractivity contribution in [3.63, 3.8) is 0 Å². The van der Waals surface area contributed by atoms with Crippen molar-refractivity contribution >= 4 is 5.69 Å². The molecule has 1 aliphatic rings. The molecule has 1 aromatic carbocycles. The van der Waals surface area contributed by atoms with Crippen LogP contribution in [0.15, 0.2) is 24.3 Å². The highest BCUT2D eigenvalue weighted by molar-refractivity contribution is 5.45. The molecule has 0 spiro atoms. The second-order valence-corrected chi connectivity index (χ2v) is 4.43. The molecule has 0 saturated carbocycles. The normalized spacial score (nSPS) is 17.8. The van der Waals surface area contributed by atoms with Crippen LogP contribution in [-0.4, -0.2) is 26.4 Å². The quantitative estimate of drug-likeness (QED) is 0.555. The number of anilines is 1. The molecule has 0 bridgehead atoms. The van der Waals surface area contributed by atoms with E-state index in [1.807, 2.05) is 31.3 Å². The van der Waals surface area contributed by atoms with Gasteiger partial charge in [-0.1, -0.05) is 6.42 Å². The number of epoxide rings is 1. The summed E-state index contributed by atoms with van der Waals surface area (Å²) in [6.07, 6.45) is 5.41. The molecule has 0 radical (unpaired) electrons. The van der Waals surface area contributed by atoms with Crippen LogP contribution in [0.5, 0.6) is 5.75 Å². The Hall–Kier alpha value is -1.22. The van der Waals surface area contributed by atoms with Crippen molar-refractivity contribution in [2.75, 3.05) is 25.6 Å². The Kier molecular flexibility index (Phi) is 4.68. The van der Waals surface area contributed by atoms with Crippen molar-refractivity contribution in [1.82, 2.24) is 0 Å². The summed E-state index contributed by atoms with van der Waals surface area (Å²) in [6.45, 7) is 1.79. The maximum Gasteiger partial charge on any atom is 0.119 e. The average molecular weight is 235 g/mol. The average Bonchev–Trinajstić information content (AvgIpc) is 3.18. The lowest BCUT2D eigenvalue weighted by atomic mass is 10.1. The molecule has 94 valence electrons. The van der Waals surface area contributed by atoms with E-state index in [1.54, 1.807) is 0 Å². The lowest BCUT2D eigenvalue weighted by Gasteiger charge is -2.06. The van der Waals surface area contributed by atoms with Crippen LogP contribution in [0.4, 0.5) is 5.69 Å². The van der Waals surface area contributed by atoms with E-state index < -0.39 is 0 Å². The molecule has 0 aromatic heterocycles. The van der Waals surface area contributed by atoms with E-state index >= 15 is 0 Å². The second-order valence-electron chi connectivity index (χ2n) is 4.43. The Morgan fingerprint density at radius 1 is 1.24 bits per heavy atom. The highest BCUT2D eigenvalue weighted by atomic mass is 16.6. The molecule has 1 aliphatic heterocycles. The summed E-state index contributed by atoms with van der Waals surface area (Å²) >= 11 is 0. The second kappa shape index (κ2) is 6.50. The molecule has 0 aliphatic carbocycles. The van der Waals surface area contributed by atoms with Gasteiger partial charge in [-0.15, -0.1) is 0 Å². The predicted molar refractivity (Wildman–Crippen MR) is 69.7 cm³/mol. The van der Waals surface area contributed by atoms with Crippen LogP contribution in [0.3, 0.4) is 0 Å². The smallest absolute Gasteiger partial charge is 0.119 e. The van der Waals surface area contributed by atoms with Crippen LogP contribution >= 0.6 is 0 Å². The minimum atomic E-state index is 0.574. The number of rotatable bonds is 8. The van der Waals surface area contributed by atoms with Crippen molar-refractivity contribution in [1.29, 1.82) is 0 Å². The topological polar surface area (TPSA) is 33.8 Å². The third kappa shape index (κ3) is 4.65. The van der Waals surface area contributed by atoms with Gasteiger partial charge in [0.2, 0.25) is 0 Å².